The van der Waals surface area contributed by atoms with Gasteiger partial charge in [0.1, 0.15) is 5.69 Å². The molecule has 0 amide bonds. The van der Waals surface area contributed by atoms with E-state index in [0.717, 1.165) is 6.07 Å². The maximum absolute atomic E-state index is 12.8. The van der Waals surface area contributed by atoms with Gasteiger partial charge in [-0.1, -0.05) is 6.07 Å². The van der Waals surface area contributed by atoms with Crippen molar-refractivity contribution in [3.05, 3.63) is 34.7 Å². The molecule has 0 saturated carbocycles. The molecule has 0 spiro atoms. The average Bonchev–Trinajstić information content (AvgIpc) is 2.44. The Kier molecular flexibility index (Phi) is 4.17. The number of hydrogen-bond acceptors (Lipinski definition) is 4. The Balaban J connectivity index is 2.68. The van der Waals surface area contributed by atoms with Crippen LogP contribution in [0.3, 0.4) is 0 Å². The predicted molar refractivity (Wildman–Crippen MR) is 73.0 cm³/mol. The molecule has 21 heavy (non-hydrogen) atoms. The number of halogens is 3. The Bertz CT molecular complexity index is 713. The lowest BCUT2D eigenvalue weighted by molar-refractivity contribution is -0.141. The highest BCUT2D eigenvalue weighted by atomic mass is 32.1. The van der Waals surface area contributed by atoms with Crippen LogP contribution in [0.4, 0.5) is 13.2 Å². The second-order valence-electron chi connectivity index (χ2n) is 4.02. The van der Waals surface area contributed by atoms with Crippen LogP contribution in [-0.2, 0) is 6.18 Å². The van der Waals surface area contributed by atoms with Crippen LogP contribution in [0.5, 0.6) is 11.5 Å². The zero-order valence-corrected chi connectivity index (χ0v) is 11.9. The fourth-order valence-electron chi connectivity index (χ4n) is 1.84. The van der Waals surface area contributed by atoms with E-state index in [1.165, 1.54) is 14.2 Å². The van der Waals surface area contributed by atoms with Crippen LogP contribution in [0.1, 0.15) is 5.69 Å². The summed E-state index contributed by atoms with van der Waals surface area (Å²) in [6.07, 6.45) is -4.54. The monoisotopic (exact) mass is 316 g/mol. The fraction of sp³-hybridized carbons (Fsp3) is 0.231. The summed E-state index contributed by atoms with van der Waals surface area (Å²) in [4.78, 5) is 5.96. The summed E-state index contributed by atoms with van der Waals surface area (Å²) in [5.41, 5.74) is -0.549. The van der Waals surface area contributed by atoms with Crippen molar-refractivity contribution in [3.63, 3.8) is 0 Å². The highest BCUT2D eigenvalue weighted by Gasteiger charge is 2.32. The maximum Gasteiger partial charge on any atom is 0.431 e. The molecule has 0 aliphatic heterocycles. The Morgan fingerprint density at radius 1 is 1.19 bits per heavy atom. The topological polar surface area (TPSA) is 47.1 Å². The number of nitrogens with zero attached hydrogens (tertiary/aromatic N) is 1. The summed E-state index contributed by atoms with van der Waals surface area (Å²) in [5.74, 6) is 0.685. The van der Waals surface area contributed by atoms with E-state index in [0.29, 0.717) is 17.1 Å². The Hall–Kier alpha value is -2.09. The molecule has 0 atom stereocenters. The van der Waals surface area contributed by atoms with Crippen molar-refractivity contribution in [2.45, 2.75) is 6.18 Å². The van der Waals surface area contributed by atoms with E-state index in [1.54, 1.807) is 18.2 Å². The number of H-pyrrole nitrogens is 1. The molecule has 1 aromatic heterocycles. The molecule has 0 bridgehead atoms. The van der Waals surface area contributed by atoms with Crippen molar-refractivity contribution < 1.29 is 22.6 Å². The van der Waals surface area contributed by atoms with Crippen LogP contribution in [-0.4, -0.2) is 24.2 Å². The molecule has 2 rings (SSSR count). The summed E-state index contributed by atoms with van der Waals surface area (Å²) < 4.78 is 48.5. The molecule has 1 aromatic carbocycles. The zero-order chi connectivity index (χ0) is 15.6. The van der Waals surface area contributed by atoms with Gasteiger partial charge < -0.3 is 14.5 Å². The lowest BCUT2D eigenvalue weighted by atomic mass is 10.1. The summed E-state index contributed by atoms with van der Waals surface area (Å²) >= 11 is 4.76. The van der Waals surface area contributed by atoms with E-state index in [-0.39, 0.29) is 10.5 Å². The first kappa shape index (κ1) is 15.3. The second-order valence-corrected chi connectivity index (χ2v) is 4.41. The number of nitrogens with one attached hydrogen (secondary N) is 1. The first-order valence-corrected chi connectivity index (χ1v) is 6.17. The molecular formula is C13H11F3N2O2S. The normalized spacial score (nSPS) is 11.3. The van der Waals surface area contributed by atoms with E-state index < -0.39 is 11.9 Å². The molecule has 4 nitrogen and oxygen atoms in total. The number of aromatic amines is 1. The van der Waals surface area contributed by atoms with E-state index in [2.05, 4.69) is 4.98 Å². The van der Waals surface area contributed by atoms with Crippen molar-refractivity contribution in [3.8, 4) is 22.8 Å². The fourth-order valence-corrected chi connectivity index (χ4v) is 2.05. The van der Waals surface area contributed by atoms with Gasteiger partial charge in [-0.15, -0.1) is 0 Å². The number of rotatable bonds is 3. The van der Waals surface area contributed by atoms with Crippen molar-refractivity contribution in [1.82, 2.24) is 9.97 Å². The third kappa shape index (κ3) is 3.15. The van der Waals surface area contributed by atoms with Gasteiger partial charge in [0.05, 0.1) is 19.9 Å². The van der Waals surface area contributed by atoms with Crippen molar-refractivity contribution >= 4 is 12.2 Å². The molecule has 0 fully saturated rings. The van der Waals surface area contributed by atoms with Gasteiger partial charge in [0.15, 0.2) is 16.3 Å². The summed E-state index contributed by atoms with van der Waals surface area (Å²) in [6, 6.07) is 5.73. The molecule has 1 N–H and O–H groups in total. The minimum Gasteiger partial charge on any atom is -0.493 e. The Labute approximate surface area is 123 Å². The molecule has 0 aliphatic rings. The maximum atomic E-state index is 12.8. The third-order valence-electron chi connectivity index (χ3n) is 2.73. The number of alkyl halides is 3. The van der Waals surface area contributed by atoms with E-state index in [1.807, 2.05) is 4.98 Å². The largest absolute Gasteiger partial charge is 0.493 e. The van der Waals surface area contributed by atoms with Gasteiger partial charge >= 0.3 is 6.18 Å². The minimum atomic E-state index is -4.54. The first-order chi connectivity index (χ1) is 9.86. The van der Waals surface area contributed by atoms with Crippen LogP contribution < -0.4 is 9.47 Å². The third-order valence-corrected chi connectivity index (χ3v) is 2.92. The molecule has 0 unspecified atom stereocenters. The Morgan fingerprint density at radius 2 is 1.90 bits per heavy atom. The van der Waals surface area contributed by atoms with Crippen LogP contribution >= 0.6 is 12.2 Å². The highest BCUT2D eigenvalue weighted by molar-refractivity contribution is 7.71. The number of para-hydroxylation sites is 1. The lowest BCUT2D eigenvalue weighted by Crippen LogP contribution is -2.09. The standard InChI is InChI=1S/C13H11F3N2O2S/c1-19-9-5-3-4-7(11(9)20-2)8-6-10(13(14,15)16)18-12(21)17-8/h3-6H,1-2H3,(H,17,18,21). The van der Waals surface area contributed by atoms with Gasteiger partial charge in [-0.25, -0.2) is 4.98 Å². The molecule has 112 valence electrons. The molecule has 8 heteroatoms. The smallest absolute Gasteiger partial charge is 0.431 e. The van der Waals surface area contributed by atoms with Gasteiger partial charge in [0.25, 0.3) is 0 Å². The number of aromatic nitrogens is 2. The quantitative estimate of drug-likeness (QED) is 0.874. The van der Waals surface area contributed by atoms with Crippen LogP contribution in [0.25, 0.3) is 11.3 Å². The molecule has 0 aliphatic carbocycles. The zero-order valence-electron chi connectivity index (χ0n) is 11.1. The number of hydrogen-bond donors (Lipinski definition) is 1. The van der Waals surface area contributed by atoms with Crippen LogP contribution in [0.15, 0.2) is 24.3 Å². The van der Waals surface area contributed by atoms with E-state index in [4.69, 9.17) is 21.7 Å². The first-order valence-electron chi connectivity index (χ1n) is 5.76. The number of methoxy groups -OCH3 is 2. The Morgan fingerprint density at radius 3 is 2.48 bits per heavy atom. The summed E-state index contributed by atoms with van der Waals surface area (Å²) in [5, 5.41) is 0. The number of ether oxygens (including phenoxy) is 2. The van der Waals surface area contributed by atoms with Gasteiger partial charge in [-0.05, 0) is 30.4 Å². The average molecular weight is 316 g/mol. The SMILES string of the molecule is COc1cccc(-c2cc(C(F)(F)F)[nH]c(=S)n2)c1OC. The van der Waals surface area contributed by atoms with Crippen molar-refractivity contribution in [2.75, 3.05) is 14.2 Å². The lowest BCUT2D eigenvalue weighted by Gasteiger charge is -2.13. The molecule has 1 heterocycles. The molecule has 2 aromatic rings. The summed E-state index contributed by atoms with van der Waals surface area (Å²) in [7, 11) is 2.84. The van der Waals surface area contributed by atoms with Gasteiger partial charge in [0, 0.05) is 5.56 Å². The molecular weight excluding hydrogens is 305 g/mol. The van der Waals surface area contributed by atoms with Crippen molar-refractivity contribution in [2.24, 2.45) is 0 Å². The van der Waals surface area contributed by atoms with Crippen LogP contribution in [0.2, 0.25) is 0 Å². The number of benzene rings is 1. The van der Waals surface area contributed by atoms with Gasteiger partial charge in [-0.3, -0.25) is 0 Å². The second kappa shape index (κ2) is 5.72. The minimum absolute atomic E-state index is 0.0572. The molecule has 0 radical (unpaired) electrons. The van der Waals surface area contributed by atoms with E-state index >= 15 is 0 Å². The summed E-state index contributed by atoms with van der Waals surface area (Å²) in [6.45, 7) is 0. The molecule has 0 saturated heterocycles. The van der Waals surface area contributed by atoms with Gasteiger partial charge in [0.2, 0.25) is 0 Å². The van der Waals surface area contributed by atoms with Crippen LogP contribution in [0, 0.1) is 4.77 Å². The van der Waals surface area contributed by atoms with Crippen molar-refractivity contribution in [1.29, 1.82) is 0 Å². The highest BCUT2D eigenvalue weighted by Crippen LogP contribution is 2.38. The van der Waals surface area contributed by atoms with Gasteiger partial charge in [-0.2, -0.15) is 13.2 Å². The van der Waals surface area contributed by atoms with E-state index in [9.17, 15) is 13.2 Å². The predicted octanol–water partition coefficient (Wildman–Crippen LogP) is 3.84.